The molecule has 1 aromatic carbocycles. The van der Waals surface area contributed by atoms with Crippen molar-refractivity contribution in [3.8, 4) is 0 Å². The molecule has 1 atom stereocenters. The Morgan fingerprint density at radius 2 is 2.35 bits per heavy atom. The Balaban J connectivity index is 1.69. The highest BCUT2D eigenvalue weighted by Gasteiger charge is 2.12. The van der Waals surface area contributed by atoms with Gasteiger partial charge in [0.2, 0.25) is 0 Å². The van der Waals surface area contributed by atoms with E-state index in [4.69, 9.17) is 0 Å². The molecule has 1 aromatic heterocycles. The third kappa shape index (κ3) is 2.26. The molecule has 2 aromatic rings. The van der Waals surface area contributed by atoms with Crippen molar-refractivity contribution in [3.05, 3.63) is 24.4 Å². The van der Waals surface area contributed by atoms with Gasteiger partial charge in [0, 0.05) is 23.7 Å². The molecule has 17 heavy (non-hydrogen) atoms. The summed E-state index contributed by atoms with van der Waals surface area (Å²) in [6, 6.07) is 6.82. The average molecular weight is 230 g/mol. The van der Waals surface area contributed by atoms with Crippen molar-refractivity contribution in [3.63, 3.8) is 0 Å². The van der Waals surface area contributed by atoms with E-state index < -0.39 is 0 Å². The first kappa shape index (κ1) is 10.6. The second-order valence-corrected chi connectivity index (χ2v) is 4.66. The molecule has 0 spiro atoms. The Morgan fingerprint density at radius 3 is 3.24 bits per heavy atom. The van der Waals surface area contributed by atoms with E-state index in [0.29, 0.717) is 6.04 Å². The third-order valence-corrected chi connectivity index (χ3v) is 3.44. The van der Waals surface area contributed by atoms with Crippen LogP contribution >= 0.6 is 0 Å². The molecule has 4 nitrogen and oxygen atoms in total. The van der Waals surface area contributed by atoms with E-state index in [1.807, 2.05) is 12.3 Å². The lowest BCUT2D eigenvalue weighted by Gasteiger charge is -2.24. The molecule has 1 unspecified atom stereocenters. The van der Waals surface area contributed by atoms with E-state index in [1.165, 1.54) is 30.3 Å². The first-order chi connectivity index (χ1) is 8.43. The van der Waals surface area contributed by atoms with Gasteiger partial charge in [0.25, 0.3) is 0 Å². The van der Waals surface area contributed by atoms with Crippen molar-refractivity contribution in [1.82, 2.24) is 15.5 Å². The van der Waals surface area contributed by atoms with Crippen LogP contribution in [0.2, 0.25) is 0 Å². The van der Waals surface area contributed by atoms with Gasteiger partial charge in [-0.1, -0.05) is 12.5 Å². The summed E-state index contributed by atoms with van der Waals surface area (Å²) < 4.78 is 0. The fraction of sp³-hybridized carbons (Fsp3) is 0.462. The van der Waals surface area contributed by atoms with Crippen LogP contribution in [0.4, 0.5) is 5.69 Å². The number of H-pyrrole nitrogens is 1. The summed E-state index contributed by atoms with van der Waals surface area (Å²) in [5, 5.41) is 15.3. The van der Waals surface area contributed by atoms with Crippen LogP contribution < -0.4 is 10.6 Å². The molecule has 3 N–H and O–H groups in total. The molecule has 0 aliphatic carbocycles. The Kier molecular flexibility index (Phi) is 2.96. The summed E-state index contributed by atoms with van der Waals surface area (Å²) in [5.41, 5.74) is 2.26. The number of rotatable bonds is 3. The summed E-state index contributed by atoms with van der Waals surface area (Å²) in [5.74, 6) is 0. The van der Waals surface area contributed by atoms with Crippen molar-refractivity contribution in [2.24, 2.45) is 0 Å². The standard InChI is InChI=1S/C13H18N4/c1-2-7-14-10(4-1)8-15-12-5-3-6-13-11(12)9-16-17-13/h3,5-6,9-10,14-15H,1-2,4,7-8H2,(H,16,17). The number of nitrogens with one attached hydrogen (secondary N) is 3. The molecule has 2 heterocycles. The molecular formula is C13H18N4. The summed E-state index contributed by atoms with van der Waals surface area (Å²) in [6.07, 6.45) is 5.81. The number of aromatic amines is 1. The number of piperidine rings is 1. The number of nitrogens with zero attached hydrogens (tertiary/aromatic N) is 1. The maximum Gasteiger partial charge on any atom is 0.0671 e. The zero-order valence-corrected chi connectivity index (χ0v) is 9.87. The zero-order chi connectivity index (χ0) is 11.5. The lowest BCUT2D eigenvalue weighted by molar-refractivity contribution is 0.414. The first-order valence-corrected chi connectivity index (χ1v) is 6.33. The van der Waals surface area contributed by atoms with Crippen LogP contribution in [-0.2, 0) is 0 Å². The van der Waals surface area contributed by atoms with Gasteiger partial charge in [0.15, 0.2) is 0 Å². The average Bonchev–Trinajstić information content (AvgIpc) is 2.86. The Hall–Kier alpha value is -1.55. The SMILES string of the molecule is c1cc(NCC2CCCCN2)c2cn[nH]c2c1. The molecule has 1 aliphatic heterocycles. The van der Waals surface area contributed by atoms with Gasteiger partial charge in [-0.05, 0) is 31.5 Å². The van der Waals surface area contributed by atoms with Gasteiger partial charge in [-0.25, -0.2) is 0 Å². The Bertz CT molecular complexity index is 485. The molecule has 0 radical (unpaired) electrons. The molecule has 0 amide bonds. The first-order valence-electron chi connectivity index (χ1n) is 6.33. The van der Waals surface area contributed by atoms with Crippen LogP contribution in [0.25, 0.3) is 10.9 Å². The van der Waals surface area contributed by atoms with E-state index in [-0.39, 0.29) is 0 Å². The molecule has 0 saturated carbocycles. The van der Waals surface area contributed by atoms with Crippen molar-refractivity contribution >= 4 is 16.6 Å². The maximum atomic E-state index is 4.08. The zero-order valence-electron chi connectivity index (χ0n) is 9.87. The Labute approximate surface area is 101 Å². The van der Waals surface area contributed by atoms with E-state index in [1.54, 1.807) is 0 Å². The number of hydrogen-bond donors (Lipinski definition) is 3. The van der Waals surface area contributed by atoms with E-state index in [9.17, 15) is 0 Å². The minimum Gasteiger partial charge on any atom is -0.383 e. The maximum absolute atomic E-state index is 4.08. The van der Waals surface area contributed by atoms with Crippen molar-refractivity contribution in [2.75, 3.05) is 18.4 Å². The summed E-state index contributed by atoms with van der Waals surface area (Å²) in [6.45, 7) is 2.15. The molecular weight excluding hydrogens is 212 g/mol. The lowest BCUT2D eigenvalue weighted by atomic mass is 10.0. The van der Waals surface area contributed by atoms with E-state index in [0.717, 1.165) is 18.6 Å². The highest BCUT2D eigenvalue weighted by atomic mass is 15.1. The fourth-order valence-corrected chi connectivity index (χ4v) is 2.45. The van der Waals surface area contributed by atoms with Gasteiger partial charge in [0.05, 0.1) is 11.7 Å². The number of anilines is 1. The highest BCUT2D eigenvalue weighted by Crippen LogP contribution is 2.21. The van der Waals surface area contributed by atoms with Gasteiger partial charge in [-0.2, -0.15) is 5.10 Å². The fourth-order valence-electron chi connectivity index (χ4n) is 2.45. The van der Waals surface area contributed by atoms with Crippen LogP contribution in [0.15, 0.2) is 24.4 Å². The smallest absolute Gasteiger partial charge is 0.0671 e. The van der Waals surface area contributed by atoms with Crippen LogP contribution in [0.5, 0.6) is 0 Å². The van der Waals surface area contributed by atoms with Crippen LogP contribution in [0.3, 0.4) is 0 Å². The summed E-state index contributed by atoms with van der Waals surface area (Å²) in [7, 11) is 0. The topological polar surface area (TPSA) is 52.7 Å². The lowest BCUT2D eigenvalue weighted by Crippen LogP contribution is -2.39. The minimum absolute atomic E-state index is 0.603. The second-order valence-electron chi connectivity index (χ2n) is 4.66. The van der Waals surface area contributed by atoms with E-state index >= 15 is 0 Å². The number of fused-ring (bicyclic) bond motifs is 1. The van der Waals surface area contributed by atoms with E-state index in [2.05, 4.69) is 33.0 Å². The Morgan fingerprint density at radius 1 is 1.35 bits per heavy atom. The molecule has 1 aliphatic rings. The molecule has 1 saturated heterocycles. The number of benzene rings is 1. The molecule has 1 fully saturated rings. The molecule has 3 rings (SSSR count). The predicted molar refractivity (Wildman–Crippen MR) is 70.2 cm³/mol. The number of aromatic nitrogens is 2. The highest BCUT2D eigenvalue weighted by molar-refractivity contribution is 5.90. The van der Waals surface area contributed by atoms with Crippen LogP contribution in [-0.4, -0.2) is 29.3 Å². The van der Waals surface area contributed by atoms with Gasteiger partial charge in [0.1, 0.15) is 0 Å². The van der Waals surface area contributed by atoms with Crippen molar-refractivity contribution < 1.29 is 0 Å². The second kappa shape index (κ2) is 4.75. The molecule has 90 valence electrons. The van der Waals surface area contributed by atoms with Crippen molar-refractivity contribution in [1.29, 1.82) is 0 Å². The quantitative estimate of drug-likeness (QED) is 0.757. The largest absolute Gasteiger partial charge is 0.383 e. The third-order valence-electron chi connectivity index (χ3n) is 3.44. The van der Waals surface area contributed by atoms with Crippen molar-refractivity contribution in [2.45, 2.75) is 25.3 Å². The summed E-state index contributed by atoms with van der Waals surface area (Å²) in [4.78, 5) is 0. The molecule has 0 bridgehead atoms. The monoisotopic (exact) mass is 230 g/mol. The predicted octanol–water partition coefficient (Wildman–Crippen LogP) is 2.12. The normalized spacial score (nSPS) is 20.6. The number of hydrogen-bond acceptors (Lipinski definition) is 3. The summed E-state index contributed by atoms with van der Waals surface area (Å²) >= 11 is 0. The van der Waals surface area contributed by atoms with Gasteiger partial charge in [-0.3, -0.25) is 5.10 Å². The van der Waals surface area contributed by atoms with Gasteiger partial charge < -0.3 is 10.6 Å². The molecule has 4 heteroatoms. The van der Waals surface area contributed by atoms with Gasteiger partial charge >= 0.3 is 0 Å². The van der Waals surface area contributed by atoms with Gasteiger partial charge in [-0.15, -0.1) is 0 Å². The van der Waals surface area contributed by atoms with Crippen LogP contribution in [0.1, 0.15) is 19.3 Å². The van der Waals surface area contributed by atoms with Crippen LogP contribution in [0, 0.1) is 0 Å². The minimum atomic E-state index is 0.603.